The highest BCUT2D eigenvalue weighted by Crippen LogP contribution is 2.40. The smallest absolute Gasteiger partial charge is 0.266 e. The molecule has 0 bridgehead atoms. The summed E-state index contributed by atoms with van der Waals surface area (Å²) >= 11 is 1.37. The molecule has 7 heteroatoms. The van der Waals surface area contributed by atoms with E-state index < -0.39 is 0 Å². The molecule has 2 aromatic carbocycles. The summed E-state index contributed by atoms with van der Waals surface area (Å²) < 4.78 is 16.2. The summed E-state index contributed by atoms with van der Waals surface area (Å²) in [6, 6.07) is 11.6. The van der Waals surface area contributed by atoms with E-state index in [4.69, 9.17) is 19.2 Å². The SMILES string of the molecule is CCCN1C(=O)/C(=C\c2cc(OC)c(OC)c(OC)c2)SC1=Nc1ccc(C)cc1. The molecule has 2 aromatic rings. The van der Waals surface area contributed by atoms with Crippen molar-refractivity contribution in [2.24, 2.45) is 4.99 Å². The van der Waals surface area contributed by atoms with E-state index >= 15 is 0 Å². The average molecular weight is 427 g/mol. The molecule has 0 unspecified atom stereocenters. The van der Waals surface area contributed by atoms with E-state index in [1.807, 2.05) is 56.3 Å². The minimum absolute atomic E-state index is 0.0542. The van der Waals surface area contributed by atoms with Crippen LogP contribution in [0.2, 0.25) is 0 Å². The Labute approximate surface area is 181 Å². The van der Waals surface area contributed by atoms with E-state index in [-0.39, 0.29) is 5.91 Å². The highest BCUT2D eigenvalue weighted by Gasteiger charge is 2.33. The van der Waals surface area contributed by atoms with Gasteiger partial charge in [-0.2, -0.15) is 0 Å². The Morgan fingerprint density at radius 2 is 1.67 bits per heavy atom. The number of amidine groups is 1. The summed E-state index contributed by atoms with van der Waals surface area (Å²) in [6.45, 7) is 4.69. The first-order valence-electron chi connectivity index (χ1n) is 9.67. The number of benzene rings is 2. The van der Waals surface area contributed by atoms with Crippen LogP contribution in [0, 0.1) is 6.92 Å². The standard InChI is InChI=1S/C23H26N2O4S/c1-6-11-25-22(26)20(30-23(25)24-17-9-7-15(2)8-10-17)14-16-12-18(27-3)21(29-5)19(13-16)28-4/h7-10,12-14H,6,11H2,1-5H3/b20-14+,24-23?. The zero-order chi connectivity index (χ0) is 21.7. The van der Waals surface area contributed by atoms with E-state index in [1.54, 1.807) is 26.2 Å². The van der Waals surface area contributed by atoms with Gasteiger partial charge < -0.3 is 14.2 Å². The monoisotopic (exact) mass is 426 g/mol. The number of hydrogen-bond acceptors (Lipinski definition) is 6. The molecule has 1 aliphatic rings. The van der Waals surface area contributed by atoms with Crippen molar-refractivity contribution < 1.29 is 19.0 Å². The van der Waals surface area contributed by atoms with Crippen LogP contribution in [0.5, 0.6) is 17.2 Å². The Morgan fingerprint density at radius 3 is 2.20 bits per heavy atom. The number of thioether (sulfide) groups is 1. The second-order valence-electron chi connectivity index (χ2n) is 6.76. The molecule has 0 spiro atoms. The van der Waals surface area contributed by atoms with Crippen LogP contribution in [-0.2, 0) is 4.79 Å². The molecule has 158 valence electrons. The number of methoxy groups -OCH3 is 3. The predicted molar refractivity (Wildman–Crippen MR) is 122 cm³/mol. The van der Waals surface area contributed by atoms with E-state index in [2.05, 4.69) is 0 Å². The lowest BCUT2D eigenvalue weighted by Crippen LogP contribution is -2.29. The molecule has 0 aromatic heterocycles. The largest absolute Gasteiger partial charge is 0.493 e. The Kier molecular flexibility index (Phi) is 7.05. The number of carbonyl (C=O) groups is 1. The van der Waals surface area contributed by atoms with Crippen molar-refractivity contribution in [3.05, 3.63) is 52.4 Å². The lowest BCUT2D eigenvalue weighted by atomic mass is 10.1. The normalized spacial score (nSPS) is 16.4. The van der Waals surface area contributed by atoms with E-state index in [9.17, 15) is 4.79 Å². The van der Waals surface area contributed by atoms with Crippen LogP contribution in [-0.4, -0.2) is 43.8 Å². The first kappa shape index (κ1) is 21.8. The predicted octanol–water partition coefficient (Wildman–Crippen LogP) is 5.03. The molecular weight excluding hydrogens is 400 g/mol. The van der Waals surface area contributed by atoms with Crippen LogP contribution in [0.15, 0.2) is 46.3 Å². The topological polar surface area (TPSA) is 60.4 Å². The van der Waals surface area contributed by atoms with Crippen molar-refractivity contribution in [2.75, 3.05) is 27.9 Å². The second-order valence-corrected chi connectivity index (χ2v) is 7.77. The number of rotatable bonds is 7. The number of amides is 1. The van der Waals surface area contributed by atoms with Gasteiger partial charge >= 0.3 is 0 Å². The van der Waals surface area contributed by atoms with E-state index in [0.717, 1.165) is 17.7 Å². The van der Waals surface area contributed by atoms with Gasteiger partial charge in [0.05, 0.1) is 31.9 Å². The summed E-state index contributed by atoms with van der Waals surface area (Å²) in [5, 5.41) is 0.685. The first-order chi connectivity index (χ1) is 14.5. The minimum atomic E-state index is -0.0542. The fourth-order valence-corrected chi connectivity index (χ4v) is 4.10. The molecule has 1 fully saturated rings. The van der Waals surface area contributed by atoms with Gasteiger partial charge in [-0.15, -0.1) is 0 Å². The third-order valence-corrected chi connectivity index (χ3v) is 5.59. The van der Waals surface area contributed by atoms with Gasteiger partial charge in [0.1, 0.15) is 0 Å². The maximum absolute atomic E-state index is 13.1. The molecule has 1 heterocycles. The van der Waals surface area contributed by atoms with Crippen LogP contribution in [0.1, 0.15) is 24.5 Å². The maximum atomic E-state index is 13.1. The van der Waals surface area contributed by atoms with Gasteiger partial charge in [0.25, 0.3) is 5.91 Å². The molecule has 1 amide bonds. The Balaban J connectivity index is 1.99. The molecule has 1 saturated heterocycles. The Hall–Kier alpha value is -2.93. The van der Waals surface area contributed by atoms with Crippen LogP contribution in [0.3, 0.4) is 0 Å². The van der Waals surface area contributed by atoms with E-state index in [1.165, 1.54) is 17.3 Å². The minimum Gasteiger partial charge on any atom is -0.493 e. The van der Waals surface area contributed by atoms with Gasteiger partial charge in [-0.05, 0) is 61.0 Å². The molecule has 30 heavy (non-hydrogen) atoms. The van der Waals surface area contributed by atoms with Crippen LogP contribution in [0.25, 0.3) is 6.08 Å². The number of nitrogens with zero attached hydrogens (tertiary/aromatic N) is 2. The summed E-state index contributed by atoms with van der Waals surface area (Å²) in [7, 11) is 4.70. The van der Waals surface area contributed by atoms with Crippen LogP contribution >= 0.6 is 11.8 Å². The fourth-order valence-electron chi connectivity index (χ4n) is 3.08. The van der Waals surface area contributed by atoms with Crippen molar-refractivity contribution in [1.29, 1.82) is 0 Å². The van der Waals surface area contributed by atoms with Crippen molar-refractivity contribution in [3.8, 4) is 17.2 Å². The van der Waals surface area contributed by atoms with Gasteiger partial charge in [-0.3, -0.25) is 9.69 Å². The van der Waals surface area contributed by atoms with Gasteiger partial charge in [-0.25, -0.2) is 4.99 Å². The molecule has 0 N–H and O–H groups in total. The molecule has 1 aliphatic heterocycles. The van der Waals surface area contributed by atoms with Gasteiger partial charge in [-0.1, -0.05) is 24.6 Å². The zero-order valence-electron chi connectivity index (χ0n) is 17.9. The lowest BCUT2D eigenvalue weighted by molar-refractivity contribution is -0.122. The highest BCUT2D eigenvalue weighted by atomic mass is 32.2. The average Bonchev–Trinajstić information content (AvgIpc) is 3.03. The number of aryl methyl sites for hydroxylation is 1. The number of carbonyl (C=O) groups excluding carboxylic acids is 1. The molecule has 6 nitrogen and oxygen atoms in total. The summed E-state index contributed by atoms with van der Waals surface area (Å²) in [5.41, 5.74) is 2.78. The Morgan fingerprint density at radius 1 is 1.03 bits per heavy atom. The lowest BCUT2D eigenvalue weighted by Gasteiger charge is -2.14. The number of ether oxygens (including phenoxy) is 3. The summed E-state index contributed by atoms with van der Waals surface area (Å²) in [5.74, 6) is 1.54. The molecule has 0 aliphatic carbocycles. The summed E-state index contributed by atoms with van der Waals surface area (Å²) in [6.07, 6.45) is 2.68. The number of hydrogen-bond donors (Lipinski definition) is 0. The quantitative estimate of drug-likeness (QED) is 0.581. The van der Waals surface area contributed by atoms with Crippen molar-refractivity contribution in [1.82, 2.24) is 4.90 Å². The molecular formula is C23H26N2O4S. The third-order valence-electron chi connectivity index (χ3n) is 4.58. The Bertz CT molecular complexity index is 958. The highest BCUT2D eigenvalue weighted by molar-refractivity contribution is 8.18. The van der Waals surface area contributed by atoms with Crippen molar-refractivity contribution in [2.45, 2.75) is 20.3 Å². The summed E-state index contributed by atoms with van der Waals surface area (Å²) in [4.78, 5) is 20.1. The zero-order valence-corrected chi connectivity index (χ0v) is 18.7. The fraction of sp³-hybridized carbons (Fsp3) is 0.304. The maximum Gasteiger partial charge on any atom is 0.266 e. The molecule has 3 rings (SSSR count). The van der Waals surface area contributed by atoms with Crippen molar-refractivity contribution >= 4 is 34.6 Å². The third kappa shape index (κ3) is 4.62. The molecule has 0 atom stereocenters. The van der Waals surface area contributed by atoms with Gasteiger partial charge in [0, 0.05) is 6.54 Å². The van der Waals surface area contributed by atoms with Crippen molar-refractivity contribution in [3.63, 3.8) is 0 Å². The first-order valence-corrected chi connectivity index (χ1v) is 10.5. The van der Waals surface area contributed by atoms with E-state index in [0.29, 0.717) is 33.9 Å². The van der Waals surface area contributed by atoms with Gasteiger partial charge in [0.2, 0.25) is 5.75 Å². The molecule has 0 saturated carbocycles. The second kappa shape index (κ2) is 9.71. The van der Waals surface area contributed by atoms with Crippen LogP contribution < -0.4 is 14.2 Å². The van der Waals surface area contributed by atoms with Gasteiger partial charge in [0.15, 0.2) is 16.7 Å². The number of aliphatic imine (C=N–C) groups is 1. The molecule has 0 radical (unpaired) electrons. The van der Waals surface area contributed by atoms with Crippen LogP contribution in [0.4, 0.5) is 5.69 Å².